The maximum absolute atomic E-state index is 5.56. The first kappa shape index (κ1) is 14.2. The van der Waals surface area contributed by atoms with E-state index in [2.05, 4.69) is 47.4 Å². The van der Waals surface area contributed by atoms with E-state index < -0.39 is 0 Å². The van der Waals surface area contributed by atoms with Crippen LogP contribution in [0.2, 0.25) is 0 Å². The summed E-state index contributed by atoms with van der Waals surface area (Å²) < 4.78 is 1.03. The van der Waals surface area contributed by atoms with Crippen LogP contribution in [0.5, 0.6) is 0 Å². The Morgan fingerprint density at radius 1 is 0.950 bits per heavy atom. The van der Waals surface area contributed by atoms with Gasteiger partial charge in [-0.2, -0.15) is 0 Å². The lowest BCUT2D eigenvalue weighted by Gasteiger charge is -2.28. The molecule has 0 saturated carbocycles. The molecule has 20 heavy (non-hydrogen) atoms. The van der Waals surface area contributed by atoms with Gasteiger partial charge < -0.3 is 4.90 Å². The molecule has 0 unspecified atom stereocenters. The van der Waals surface area contributed by atoms with Crippen LogP contribution in [0.4, 0.5) is 0 Å². The predicted molar refractivity (Wildman–Crippen MR) is 95.4 cm³/mol. The molecular formula is C16H17NS3. The maximum atomic E-state index is 5.56. The monoisotopic (exact) mass is 319 g/mol. The van der Waals surface area contributed by atoms with Crippen LogP contribution < -0.4 is 0 Å². The van der Waals surface area contributed by atoms with Gasteiger partial charge in [0.15, 0.2) is 0 Å². The fraction of sp³-hybridized carbons (Fsp3) is 0.312. The fourth-order valence-electron chi connectivity index (χ4n) is 2.48. The van der Waals surface area contributed by atoms with Gasteiger partial charge in [0.1, 0.15) is 4.32 Å². The van der Waals surface area contributed by atoms with Crippen molar-refractivity contribution in [2.45, 2.75) is 24.2 Å². The molecule has 2 aromatic rings. The van der Waals surface area contributed by atoms with Crippen molar-refractivity contribution in [2.75, 3.05) is 13.1 Å². The second-order valence-corrected chi connectivity index (χ2v) is 7.76. The molecule has 1 aliphatic heterocycles. The molecule has 1 nitrogen and oxygen atoms in total. The Bertz CT molecular complexity index is 600. The quantitative estimate of drug-likeness (QED) is 0.542. The molecule has 0 radical (unpaired) electrons. The Morgan fingerprint density at radius 3 is 2.55 bits per heavy atom. The number of benzene rings is 2. The maximum Gasteiger partial charge on any atom is 0.147 e. The molecule has 4 heteroatoms. The highest BCUT2D eigenvalue weighted by Crippen LogP contribution is 2.37. The van der Waals surface area contributed by atoms with E-state index in [-0.39, 0.29) is 0 Å². The van der Waals surface area contributed by atoms with Crippen LogP contribution in [-0.2, 0) is 0 Å². The summed E-state index contributed by atoms with van der Waals surface area (Å²) in [6, 6.07) is 15.0. The number of fused-ring (bicyclic) bond motifs is 1. The fourth-order valence-corrected chi connectivity index (χ4v) is 5.06. The predicted octanol–water partition coefficient (Wildman–Crippen LogP) is 5.35. The molecule has 1 aliphatic rings. The van der Waals surface area contributed by atoms with Gasteiger partial charge in [-0.25, -0.2) is 0 Å². The van der Waals surface area contributed by atoms with Gasteiger partial charge in [-0.05, 0) is 57.7 Å². The van der Waals surface area contributed by atoms with Crippen molar-refractivity contribution in [2.24, 2.45) is 0 Å². The van der Waals surface area contributed by atoms with Gasteiger partial charge in [0.25, 0.3) is 0 Å². The smallest absolute Gasteiger partial charge is 0.147 e. The molecule has 0 N–H and O–H groups in total. The lowest BCUT2D eigenvalue weighted by Crippen LogP contribution is -2.32. The van der Waals surface area contributed by atoms with E-state index in [0.29, 0.717) is 0 Å². The minimum absolute atomic E-state index is 1.03. The number of hydrogen-bond acceptors (Lipinski definition) is 3. The Balaban J connectivity index is 1.69. The van der Waals surface area contributed by atoms with Crippen molar-refractivity contribution < 1.29 is 0 Å². The van der Waals surface area contributed by atoms with Crippen molar-refractivity contribution in [1.82, 2.24) is 4.90 Å². The summed E-state index contributed by atoms with van der Waals surface area (Å²) in [5.41, 5.74) is 0. The normalized spacial score (nSPS) is 15.5. The van der Waals surface area contributed by atoms with Gasteiger partial charge in [-0.3, -0.25) is 0 Å². The molecule has 0 atom stereocenters. The Labute approximate surface area is 133 Å². The number of rotatable bonds is 2. The second kappa shape index (κ2) is 6.83. The first-order valence-corrected chi connectivity index (χ1v) is 9.51. The zero-order chi connectivity index (χ0) is 13.8. The number of nitrogens with zero attached hydrogens (tertiary/aromatic N) is 1. The number of hydrogen-bond donors (Lipinski definition) is 0. The molecule has 104 valence electrons. The van der Waals surface area contributed by atoms with E-state index in [4.69, 9.17) is 12.2 Å². The molecule has 0 amide bonds. The molecule has 3 rings (SSSR count). The summed E-state index contributed by atoms with van der Waals surface area (Å²) >= 11 is 5.56. The van der Waals surface area contributed by atoms with Crippen LogP contribution in [0, 0.1) is 0 Å². The zero-order valence-corrected chi connectivity index (χ0v) is 13.7. The van der Waals surface area contributed by atoms with Gasteiger partial charge in [0, 0.05) is 18.0 Å². The van der Waals surface area contributed by atoms with E-state index in [1.807, 2.05) is 0 Å². The third-order valence-corrected chi connectivity index (χ3v) is 6.67. The molecule has 1 fully saturated rings. The van der Waals surface area contributed by atoms with Gasteiger partial charge in [0.05, 0.1) is 0 Å². The molecule has 0 aromatic heterocycles. The van der Waals surface area contributed by atoms with Crippen molar-refractivity contribution in [3.63, 3.8) is 0 Å². The van der Waals surface area contributed by atoms with Gasteiger partial charge in [0.2, 0.25) is 0 Å². The zero-order valence-electron chi connectivity index (χ0n) is 11.2. The Morgan fingerprint density at radius 2 is 1.70 bits per heavy atom. The standard InChI is InChI=1S/C16H17NS3/c18-16(17-11-4-1-5-12-17)20-19-15-10-6-8-13-7-2-3-9-14(13)15/h2-3,6-10H,1,4-5,11-12H2. The first-order chi connectivity index (χ1) is 9.84. The minimum Gasteiger partial charge on any atom is -0.357 e. The van der Waals surface area contributed by atoms with Crippen LogP contribution in [0.3, 0.4) is 0 Å². The summed E-state index contributed by atoms with van der Waals surface area (Å²) in [6.45, 7) is 2.25. The van der Waals surface area contributed by atoms with Crippen LogP contribution >= 0.6 is 33.8 Å². The van der Waals surface area contributed by atoms with Crippen molar-refractivity contribution in [3.8, 4) is 0 Å². The number of thiocarbonyl (C=S) groups is 1. The highest BCUT2D eigenvalue weighted by molar-refractivity contribution is 8.83. The summed E-state index contributed by atoms with van der Waals surface area (Å²) in [4.78, 5) is 3.65. The third-order valence-electron chi connectivity index (χ3n) is 3.57. The van der Waals surface area contributed by atoms with E-state index >= 15 is 0 Å². The van der Waals surface area contributed by atoms with E-state index in [1.165, 1.54) is 34.9 Å². The first-order valence-electron chi connectivity index (χ1n) is 6.96. The molecule has 2 aromatic carbocycles. The third kappa shape index (κ3) is 3.30. The van der Waals surface area contributed by atoms with Gasteiger partial charge in [-0.15, -0.1) is 0 Å². The average molecular weight is 320 g/mol. The lowest BCUT2D eigenvalue weighted by molar-refractivity contribution is 0.352. The SMILES string of the molecule is S=C(SSc1cccc2ccccc12)N1CCCCC1. The average Bonchev–Trinajstić information content (AvgIpc) is 2.53. The van der Waals surface area contributed by atoms with Crippen LogP contribution in [0.1, 0.15) is 19.3 Å². The number of likely N-dealkylation sites (tertiary alicyclic amines) is 1. The topological polar surface area (TPSA) is 3.24 Å². The highest BCUT2D eigenvalue weighted by atomic mass is 33.1. The molecule has 0 aliphatic carbocycles. The second-order valence-electron chi connectivity index (χ2n) is 4.96. The summed E-state index contributed by atoms with van der Waals surface area (Å²) in [7, 11) is 3.51. The number of piperidine rings is 1. The molecular weight excluding hydrogens is 302 g/mol. The molecule has 1 heterocycles. The van der Waals surface area contributed by atoms with Crippen LogP contribution in [-0.4, -0.2) is 22.3 Å². The van der Waals surface area contributed by atoms with E-state index in [1.54, 1.807) is 21.6 Å². The Hall–Kier alpha value is -0.710. The van der Waals surface area contributed by atoms with E-state index in [0.717, 1.165) is 17.4 Å². The van der Waals surface area contributed by atoms with Crippen molar-refractivity contribution in [1.29, 1.82) is 0 Å². The van der Waals surface area contributed by atoms with Gasteiger partial charge >= 0.3 is 0 Å². The Kier molecular flexibility index (Phi) is 4.86. The van der Waals surface area contributed by atoms with Crippen LogP contribution in [0.15, 0.2) is 47.4 Å². The highest BCUT2D eigenvalue weighted by Gasteiger charge is 2.14. The van der Waals surface area contributed by atoms with Crippen molar-refractivity contribution >= 4 is 48.9 Å². The largest absolute Gasteiger partial charge is 0.357 e. The van der Waals surface area contributed by atoms with Gasteiger partial charge in [-0.1, -0.05) is 48.6 Å². The summed E-state index contributed by atoms with van der Waals surface area (Å²) in [5, 5.41) is 2.61. The van der Waals surface area contributed by atoms with Crippen molar-refractivity contribution in [3.05, 3.63) is 42.5 Å². The molecule has 1 saturated heterocycles. The lowest BCUT2D eigenvalue weighted by atomic mass is 10.1. The van der Waals surface area contributed by atoms with E-state index in [9.17, 15) is 0 Å². The minimum atomic E-state index is 1.03. The summed E-state index contributed by atoms with van der Waals surface area (Å²) in [5.74, 6) is 0. The molecule has 0 bridgehead atoms. The van der Waals surface area contributed by atoms with Crippen LogP contribution in [0.25, 0.3) is 10.8 Å². The molecule has 0 spiro atoms. The summed E-state index contributed by atoms with van der Waals surface area (Å²) in [6.07, 6.45) is 3.90.